The summed E-state index contributed by atoms with van der Waals surface area (Å²) < 4.78 is 13.9. The zero-order chi connectivity index (χ0) is 15.4. The van der Waals surface area contributed by atoms with Crippen molar-refractivity contribution in [3.63, 3.8) is 0 Å². The van der Waals surface area contributed by atoms with E-state index in [-0.39, 0.29) is 5.91 Å². The molecule has 0 saturated heterocycles. The highest BCUT2D eigenvalue weighted by Gasteiger charge is 2.16. The fourth-order valence-corrected chi connectivity index (χ4v) is 2.42. The van der Waals surface area contributed by atoms with Gasteiger partial charge >= 0.3 is 0 Å². The molecule has 2 nitrogen and oxygen atoms in total. The maximum atomic E-state index is 13.6. The molecule has 0 saturated carbocycles. The van der Waals surface area contributed by atoms with Crippen molar-refractivity contribution in [3.8, 4) is 0 Å². The molecule has 0 aliphatic carbocycles. The number of aryl methyl sites for hydroxylation is 1. The van der Waals surface area contributed by atoms with Crippen LogP contribution in [-0.2, 0) is 6.54 Å². The first-order valence-corrected chi connectivity index (χ1v) is 7.60. The van der Waals surface area contributed by atoms with Crippen LogP contribution in [0.25, 0.3) is 0 Å². The van der Waals surface area contributed by atoms with Crippen molar-refractivity contribution in [2.24, 2.45) is 0 Å². The second-order valence-electron chi connectivity index (χ2n) is 4.94. The second-order valence-corrected chi connectivity index (χ2v) is 5.79. The van der Waals surface area contributed by atoms with Gasteiger partial charge in [-0.3, -0.25) is 4.79 Å². The summed E-state index contributed by atoms with van der Waals surface area (Å²) in [6, 6.07) is 12.5. The van der Waals surface area contributed by atoms with Crippen molar-refractivity contribution >= 4 is 21.8 Å². The molecule has 4 heteroatoms. The number of hydrogen-bond donors (Lipinski definition) is 0. The van der Waals surface area contributed by atoms with Gasteiger partial charge in [-0.2, -0.15) is 0 Å². The molecule has 0 bridgehead atoms. The van der Waals surface area contributed by atoms with E-state index in [4.69, 9.17) is 0 Å². The Morgan fingerprint density at radius 1 is 1.24 bits per heavy atom. The zero-order valence-electron chi connectivity index (χ0n) is 12.1. The van der Waals surface area contributed by atoms with Gasteiger partial charge in [0, 0.05) is 18.7 Å². The molecule has 0 aliphatic rings. The van der Waals surface area contributed by atoms with E-state index < -0.39 is 5.82 Å². The fourth-order valence-electron chi connectivity index (χ4n) is 2.17. The number of benzene rings is 2. The van der Waals surface area contributed by atoms with Crippen LogP contribution in [-0.4, -0.2) is 17.4 Å². The predicted octanol–water partition coefficient (Wildman–Crippen LogP) is 4.56. The van der Waals surface area contributed by atoms with E-state index in [1.165, 1.54) is 6.07 Å². The minimum Gasteiger partial charge on any atom is -0.335 e. The maximum Gasteiger partial charge on any atom is 0.254 e. The van der Waals surface area contributed by atoms with E-state index in [1.807, 2.05) is 32.0 Å². The Balaban J connectivity index is 2.20. The Morgan fingerprint density at radius 3 is 2.62 bits per heavy atom. The number of carbonyl (C=O) groups excluding carboxylic acids is 1. The van der Waals surface area contributed by atoms with E-state index >= 15 is 0 Å². The van der Waals surface area contributed by atoms with Gasteiger partial charge in [-0.1, -0.05) is 29.8 Å². The second kappa shape index (κ2) is 6.85. The molecule has 0 radical (unpaired) electrons. The SMILES string of the molecule is CCN(Cc1cccc(C)c1)C(=O)c1ccc(Br)c(F)c1. The molecule has 2 aromatic rings. The Morgan fingerprint density at radius 2 is 2.00 bits per heavy atom. The highest BCUT2D eigenvalue weighted by atomic mass is 79.9. The summed E-state index contributed by atoms with van der Waals surface area (Å²) in [6.07, 6.45) is 0. The summed E-state index contributed by atoms with van der Waals surface area (Å²) in [5.74, 6) is -0.585. The normalized spacial score (nSPS) is 10.5. The molecule has 0 fully saturated rings. The van der Waals surface area contributed by atoms with E-state index in [9.17, 15) is 9.18 Å². The predicted molar refractivity (Wildman–Crippen MR) is 85.7 cm³/mol. The van der Waals surface area contributed by atoms with Crippen LogP contribution in [0.2, 0.25) is 0 Å². The molecule has 0 unspecified atom stereocenters. The number of carbonyl (C=O) groups is 1. The lowest BCUT2D eigenvalue weighted by molar-refractivity contribution is 0.0752. The highest BCUT2D eigenvalue weighted by molar-refractivity contribution is 9.10. The van der Waals surface area contributed by atoms with Crippen LogP contribution in [0, 0.1) is 12.7 Å². The maximum absolute atomic E-state index is 13.6. The molecule has 0 heterocycles. The molecule has 110 valence electrons. The summed E-state index contributed by atoms with van der Waals surface area (Å²) in [5.41, 5.74) is 2.60. The van der Waals surface area contributed by atoms with Gasteiger partial charge in [0.1, 0.15) is 5.82 Å². The van der Waals surface area contributed by atoms with Crippen LogP contribution in [0.3, 0.4) is 0 Å². The largest absolute Gasteiger partial charge is 0.335 e. The van der Waals surface area contributed by atoms with Gasteiger partial charge in [-0.15, -0.1) is 0 Å². The summed E-state index contributed by atoms with van der Waals surface area (Å²) in [6.45, 7) is 5.04. The smallest absolute Gasteiger partial charge is 0.254 e. The van der Waals surface area contributed by atoms with E-state index in [0.717, 1.165) is 11.1 Å². The molecule has 2 aromatic carbocycles. The zero-order valence-corrected chi connectivity index (χ0v) is 13.7. The minimum atomic E-state index is -0.424. The number of halogens is 2. The average Bonchev–Trinajstić information content (AvgIpc) is 2.47. The number of nitrogens with zero attached hydrogens (tertiary/aromatic N) is 1. The van der Waals surface area contributed by atoms with Gasteiger partial charge in [0.15, 0.2) is 0 Å². The Hall–Kier alpha value is -1.68. The van der Waals surface area contributed by atoms with Crippen LogP contribution in [0.5, 0.6) is 0 Å². The van der Waals surface area contributed by atoms with Crippen LogP contribution in [0.1, 0.15) is 28.4 Å². The standard InChI is InChI=1S/C17H17BrFNO/c1-3-20(11-13-6-4-5-12(2)9-13)17(21)14-7-8-15(18)16(19)10-14/h4-10H,3,11H2,1-2H3. The molecule has 1 amide bonds. The molecule has 0 aliphatic heterocycles. The molecule has 0 N–H and O–H groups in total. The molecule has 21 heavy (non-hydrogen) atoms. The topological polar surface area (TPSA) is 20.3 Å². The lowest BCUT2D eigenvalue weighted by atomic mass is 10.1. The summed E-state index contributed by atoms with van der Waals surface area (Å²) >= 11 is 3.09. The van der Waals surface area contributed by atoms with E-state index in [1.54, 1.807) is 17.0 Å². The molecular weight excluding hydrogens is 333 g/mol. The van der Waals surface area contributed by atoms with Crippen LogP contribution >= 0.6 is 15.9 Å². The first-order chi connectivity index (χ1) is 10.0. The summed E-state index contributed by atoms with van der Waals surface area (Å²) in [4.78, 5) is 14.2. The van der Waals surface area contributed by atoms with Gasteiger partial charge in [0.2, 0.25) is 0 Å². The molecule has 2 rings (SSSR count). The van der Waals surface area contributed by atoms with Gasteiger partial charge in [0.25, 0.3) is 5.91 Å². The van der Waals surface area contributed by atoms with Gasteiger partial charge in [0.05, 0.1) is 4.47 Å². The van der Waals surface area contributed by atoms with Gasteiger partial charge in [-0.25, -0.2) is 4.39 Å². The average molecular weight is 350 g/mol. The van der Waals surface area contributed by atoms with Gasteiger partial charge in [-0.05, 0) is 53.5 Å². The molecule has 0 atom stereocenters. The van der Waals surface area contributed by atoms with Crippen LogP contribution in [0.4, 0.5) is 4.39 Å². The van der Waals surface area contributed by atoms with Crippen molar-refractivity contribution in [2.75, 3.05) is 6.54 Å². The minimum absolute atomic E-state index is 0.162. The van der Waals surface area contributed by atoms with Crippen molar-refractivity contribution in [1.29, 1.82) is 0 Å². The molecule has 0 aromatic heterocycles. The van der Waals surface area contributed by atoms with Crippen molar-refractivity contribution < 1.29 is 9.18 Å². The molecular formula is C17H17BrFNO. The fraction of sp³-hybridized carbons (Fsp3) is 0.235. The molecule has 0 spiro atoms. The first-order valence-electron chi connectivity index (χ1n) is 6.81. The van der Waals surface area contributed by atoms with E-state index in [2.05, 4.69) is 22.0 Å². The third-order valence-corrected chi connectivity index (χ3v) is 3.93. The number of rotatable bonds is 4. The van der Waals surface area contributed by atoms with Crippen molar-refractivity contribution in [2.45, 2.75) is 20.4 Å². The Labute approximate surface area is 132 Å². The quantitative estimate of drug-likeness (QED) is 0.792. The van der Waals surface area contributed by atoms with Crippen molar-refractivity contribution in [1.82, 2.24) is 4.90 Å². The van der Waals surface area contributed by atoms with Crippen LogP contribution in [0.15, 0.2) is 46.9 Å². The summed E-state index contributed by atoms with van der Waals surface area (Å²) in [5, 5.41) is 0. The van der Waals surface area contributed by atoms with E-state index in [0.29, 0.717) is 23.1 Å². The van der Waals surface area contributed by atoms with Crippen molar-refractivity contribution in [3.05, 3.63) is 69.4 Å². The van der Waals surface area contributed by atoms with Gasteiger partial charge < -0.3 is 4.90 Å². The number of hydrogen-bond acceptors (Lipinski definition) is 1. The monoisotopic (exact) mass is 349 g/mol. The number of amides is 1. The highest BCUT2D eigenvalue weighted by Crippen LogP contribution is 2.18. The summed E-state index contributed by atoms with van der Waals surface area (Å²) in [7, 11) is 0. The Bertz CT molecular complexity index is 657. The van der Waals surface area contributed by atoms with Crippen LogP contribution < -0.4 is 0 Å². The lowest BCUT2D eigenvalue weighted by Gasteiger charge is -2.21. The first kappa shape index (κ1) is 15.7. The third kappa shape index (κ3) is 3.91. The Kier molecular flexibility index (Phi) is 5.12. The third-order valence-electron chi connectivity index (χ3n) is 3.29. The lowest BCUT2D eigenvalue weighted by Crippen LogP contribution is -2.30.